The van der Waals surface area contributed by atoms with Gasteiger partial charge in [-0.1, -0.05) is 11.8 Å². The fraction of sp³-hybridized carbons (Fsp3) is 0.643. The van der Waals surface area contributed by atoms with Gasteiger partial charge in [0.1, 0.15) is 0 Å². The Kier molecular flexibility index (Phi) is 3.83. The van der Waals surface area contributed by atoms with Crippen molar-refractivity contribution in [3.63, 3.8) is 0 Å². The van der Waals surface area contributed by atoms with E-state index >= 15 is 0 Å². The molecule has 0 bridgehead atoms. The van der Waals surface area contributed by atoms with E-state index in [0.717, 1.165) is 37.9 Å². The molecule has 108 valence electrons. The van der Waals surface area contributed by atoms with E-state index in [2.05, 4.69) is 9.97 Å². The number of hydrogen-bond acceptors (Lipinski definition) is 4. The number of nitrogens with one attached hydrogen (secondary N) is 1. The van der Waals surface area contributed by atoms with E-state index in [-0.39, 0.29) is 11.5 Å². The van der Waals surface area contributed by atoms with Gasteiger partial charge >= 0.3 is 0 Å². The molecule has 5 nitrogen and oxygen atoms in total. The van der Waals surface area contributed by atoms with Crippen molar-refractivity contribution in [2.45, 2.75) is 49.7 Å². The van der Waals surface area contributed by atoms with E-state index in [1.807, 2.05) is 11.8 Å². The highest BCUT2D eigenvalue weighted by Gasteiger charge is 2.31. The first-order chi connectivity index (χ1) is 9.67. The lowest BCUT2D eigenvalue weighted by atomic mass is 10.3. The molecular formula is C14H19N3O2S. The summed E-state index contributed by atoms with van der Waals surface area (Å²) in [5.41, 5.74) is 0.754. The summed E-state index contributed by atoms with van der Waals surface area (Å²) >= 11 is 1.33. The molecule has 3 rings (SSSR count). The van der Waals surface area contributed by atoms with Crippen molar-refractivity contribution in [3.8, 4) is 0 Å². The Bertz CT molecular complexity index is 564. The summed E-state index contributed by atoms with van der Waals surface area (Å²) in [6.45, 7) is 2.77. The first-order valence-corrected chi connectivity index (χ1v) is 8.19. The Morgan fingerprint density at radius 1 is 1.45 bits per heavy atom. The number of carbonyl (C=O) groups excluding carboxylic acids is 1. The molecule has 1 N–H and O–H groups in total. The number of amides is 1. The third-order valence-electron chi connectivity index (χ3n) is 3.72. The van der Waals surface area contributed by atoms with E-state index in [1.54, 1.807) is 6.07 Å². The maximum Gasteiger partial charge on any atom is 0.251 e. The second-order valence-corrected chi connectivity index (χ2v) is 6.41. The monoisotopic (exact) mass is 293 g/mol. The quantitative estimate of drug-likeness (QED) is 0.641. The molecule has 0 atom stereocenters. The van der Waals surface area contributed by atoms with Gasteiger partial charge in [-0.15, -0.1) is 0 Å². The standard InChI is InChI=1S/C14H19N3O2S/c1-2-17(10-5-6-10)13(19)8-20-14-15-11(9-3-4-9)7-12(18)16-14/h7,9-10H,2-6,8H2,1H3,(H,15,16,18). The fourth-order valence-electron chi connectivity index (χ4n) is 2.35. The molecule has 0 radical (unpaired) electrons. The molecule has 1 amide bonds. The van der Waals surface area contributed by atoms with Crippen molar-refractivity contribution in [1.82, 2.24) is 14.9 Å². The lowest BCUT2D eigenvalue weighted by Gasteiger charge is -2.19. The summed E-state index contributed by atoms with van der Waals surface area (Å²) in [4.78, 5) is 32.8. The van der Waals surface area contributed by atoms with Crippen LogP contribution in [0, 0.1) is 0 Å². The summed E-state index contributed by atoms with van der Waals surface area (Å²) in [6.07, 6.45) is 4.47. The first-order valence-electron chi connectivity index (χ1n) is 7.21. The zero-order valence-electron chi connectivity index (χ0n) is 11.6. The summed E-state index contributed by atoms with van der Waals surface area (Å²) in [5.74, 6) is 0.937. The number of aromatic nitrogens is 2. The average Bonchev–Trinajstić information content (AvgIpc) is 3.28. The number of carbonyl (C=O) groups is 1. The maximum atomic E-state index is 12.1. The van der Waals surface area contributed by atoms with E-state index in [0.29, 0.717) is 22.9 Å². The van der Waals surface area contributed by atoms with Crippen molar-refractivity contribution in [2.24, 2.45) is 0 Å². The number of hydrogen-bond donors (Lipinski definition) is 1. The Labute approximate surface area is 122 Å². The van der Waals surface area contributed by atoms with Gasteiger partial charge in [-0.05, 0) is 32.6 Å². The number of H-pyrrole nitrogens is 1. The van der Waals surface area contributed by atoms with Gasteiger partial charge in [0.15, 0.2) is 5.16 Å². The van der Waals surface area contributed by atoms with Gasteiger partial charge in [-0.3, -0.25) is 9.59 Å². The molecular weight excluding hydrogens is 274 g/mol. The smallest absolute Gasteiger partial charge is 0.251 e. The Morgan fingerprint density at radius 3 is 2.80 bits per heavy atom. The molecule has 0 aliphatic heterocycles. The van der Waals surface area contributed by atoms with Crippen LogP contribution in [0.4, 0.5) is 0 Å². The Balaban J connectivity index is 1.62. The van der Waals surface area contributed by atoms with Crippen LogP contribution in [0.25, 0.3) is 0 Å². The van der Waals surface area contributed by atoms with Crippen molar-refractivity contribution < 1.29 is 4.79 Å². The zero-order chi connectivity index (χ0) is 14.1. The van der Waals surface area contributed by atoms with Crippen LogP contribution in [0.5, 0.6) is 0 Å². The highest BCUT2D eigenvalue weighted by molar-refractivity contribution is 7.99. The third kappa shape index (κ3) is 3.23. The molecule has 0 saturated heterocycles. The van der Waals surface area contributed by atoms with E-state index in [1.165, 1.54) is 11.8 Å². The minimum Gasteiger partial charge on any atom is -0.339 e. The van der Waals surface area contributed by atoms with Gasteiger partial charge in [0.25, 0.3) is 5.56 Å². The van der Waals surface area contributed by atoms with Gasteiger partial charge in [0.05, 0.1) is 11.4 Å². The van der Waals surface area contributed by atoms with Crippen LogP contribution in [0.3, 0.4) is 0 Å². The van der Waals surface area contributed by atoms with E-state index < -0.39 is 0 Å². The van der Waals surface area contributed by atoms with Crippen LogP contribution in [-0.2, 0) is 4.79 Å². The molecule has 2 aliphatic rings. The van der Waals surface area contributed by atoms with Crippen molar-refractivity contribution in [1.29, 1.82) is 0 Å². The second kappa shape index (κ2) is 5.60. The van der Waals surface area contributed by atoms with Crippen molar-refractivity contribution in [3.05, 3.63) is 22.1 Å². The number of aromatic amines is 1. The van der Waals surface area contributed by atoms with Crippen LogP contribution < -0.4 is 5.56 Å². The van der Waals surface area contributed by atoms with E-state index in [9.17, 15) is 9.59 Å². The molecule has 6 heteroatoms. The molecule has 2 saturated carbocycles. The van der Waals surface area contributed by atoms with Crippen LogP contribution in [-0.4, -0.2) is 39.1 Å². The van der Waals surface area contributed by atoms with Crippen LogP contribution >= 0.6 is 11.8 Å². The lowest BCUT2D eigenvalue weighted by Crippen LogP contribution is -2.34. The number of rotatable bonds is 6. The fourth-order valence-corrected chi connectivity index (χ4v) is 3.12. The second-order valence-electron chi connectivity index (χ2n) is 5.45. The summed E-state index contributed by atoms with van der Waals surface area (Å²) in [7, 11) is 0. The summed E-state index contributed by atoms with van der Waals surface area (Å²) in [6, 6.07) is 2.02. The normalized spacial score (nSPS) is 18.1. The Morgan fingerprint density at radius 2 is 2.20 bits per heavy atom. The van der Waals surface area contributed by atoms with Crippen LogP contribution in [0.15, 0.2) is 16.0 Å². The topological polar surface area (TPSA) is 66.1 Å². The molecule has 0 aromatic carbocycles. The minimum atomic E-state index is -0.119. The number of nitrogens with zero attached hydrogens (tertiary/aromatic N) is 2. The van der Waals surface area contributed by atoms with Crippen molar-refractivity contribution in [2.75, 3.05) is 12.3 Å². The van der Waals surface area contributed by atoms with Gasteiger partial charge < -0.3 is 9.88 Å². The molecule has 0 spiro atoms. The van der Waals surface area contributed by atoms with Gasteiger partial charge in [0, 0.05) is 24.6 Å². The molecule has 2 aliphatic carbocycles. The highest BCUT2D eigenvalue weighted by Crippen LogP contribution is 2.38. The molecule has 1 heterocycles. The third-order valence-corrected chi connectivity index (χ3v) is 4.57. The maximum absolute atomic E-state index is 12.1. The predicted octanol–water partition coefficient (Wildman–Crippen LogP) is 1.75. The minimum absolute atomic E-state index is 0.119. The lowest BCUT2D eigenvalue weighted by molar-refractivity contribution is -0.128. The van der Waals surface area contributed by atoms with Gasteiger partial charge in [-0.2, -0.15) is 0 Å². The van der Waals surface area contributed by atoms with Crippen molar-refractivity contribution >= 4 is 17.7 Å². The zero-order valence-corrected chi connectivity index (χ0v) is 12.4. The Hall–Kier alpha value is -1.30. The molecule has 0 unspecified atom stereocenters. The average molecular weight is 293 g/mol. The van der Waals surface area contributed by atoms with E-state index in [4.69, 9.17) is 0 Å². The number of thioether (sulfide) groups is 1. The predicted molar refractivity (Wildman–Crippen MR) is 78.0 cm³/mol. The highest BCUT2D eigenvalue weighted by atomic mass is 32.2. The first kappa shape index (κ1) is 13.7. The molecule has 1 aromatic rings. The largest absolute Gasteiger partial charge is 0.339 e. The molecule has 2 fully saturated rings. The summed E-state index contributed by atoms with van der Waals surface area (Å²) < 4.78 is 0. The molecule has 1 aromatic heterocycles. The van der Waals surface area contributed by atoms with Crippen LogP contribution in [0.1, 0.15) is 44.2 Å². The molecule has 20 heavy (non-hydrogen) atoms. The van der Waals surface area contributed by atoms with Gasteiger partial charge in [-0.25, -0.2) is 4.98 Å². The van der Waals surface area contributed by atoms with Gasteiger partial charge in [0.2, 0.25) is 5.91 Å². The SMILES string of the molecule is CCN(C(=O)CSc1nc(C2CC2)cc(=O)[nH]1)C1CC1. The van der Waals surface area contributed by atoms with Crippen LogP contribution in [0.2, 0.25) is 0 Å². The summed E-state index contributed by atoms with van der Waals surface area (Å²) in [5, 5.41) is 0.569.